The minimum atomic E-state index is -0.689. The van der Waals surface area contributed by atoms with E-state index in [0.717, 1.165) is 11.3 Å². The third-order valence-electron chi connectivity index (χ3n) is 3.70. The Morgan fingerprint density at radius 3 is 2.65 bits per heavy atom. The Bertz CT molecular complexity index is 904. The molecule has 2 aromatic heterocycles. The van der Waals surface area contributed by atoms with Crippen molar-refractivity contribution in [2.24, 2.45) is 0 Å². The van der Waals surface area contributed by atoms with Crippen molar-refractivity contribution in [2.45, 2.75) is 20.0 Å². The molecule has 9 heteroatoms. The highest BCUT2D eigenvalue weighted by molar-refractivity contribution is 7.10. The molecule has 0 saturated carbocycles. The van der Waals surface area contributed by atoms with Gasteiger partial charge in [0, 0.05) is 12.6 Å². The van der Waals surface area contributed by atoms with Gasteiger partial charge in [-0.05, 0) is 49.6 Å². The summed E-state index contributed by atoms with van der Waals surface area (Å²) >= 11 is 1.21. The number of nitrogens with zero attached hydrogens (tertiary/aromatic N) is 3. The number of ether oxygens (including phenoxy) is 2. The van der Waals surface area contributed by atoms with Crippen molar-refractivity contribution in [1.29, 1.82) is 0 Å². The van der Waals surface area contributed by atoms with E-state index in [1.165, 1.54) is 11.5 Å². The summed E-state index contributed by atoms with van der Waals surface area (Å²) in [6, 6.07) is 7.22. The van der Waals surface area contributed by atoms with Gasteiger partial charge in [-0.2, -0.15) is 4.37 Å². The zero-order valence-electron chi connectivity index (χ0n) is 14.8. The number of anilines is 1. The van der Waals surface area contributed by atoms with E-state index < -0.39 is 12.1 Å². The summed E-state index contributed by atoms with van der Waals surface area (Å²) in [5.41, 5.74) is 1.78. The number of methoxy groups -OCH3 is 1. The molecule has 1 aromatic carbocycles. The Balaban J connectivity index is 1.74. The van der Waals surface area contributed by atoms with Crippen LogP contribution in [0.2, 0.25) is 0 Å². The fraction of sp³-hybridized carbons (Fsp3) is 0.294. The maximum atomic E-state index is 12.4. The van der Waals surface area contributed by atoms with Crippen LogP contribution in [0.5, 0.6) is 5.75 Å². The van der Waals surface area contributed by atoms with Gasteiger partial charge < -0.3 is 19.2 Å². The van der Waals surface area contributed by atoms with E-state index in [-0.39, 0.29) is 5.89 Å². The molecule has 0 aliphatic heterocycles. The molecule has 0 spiro atoms. The summed E-state index contributed by atoms with van der Waals surface area (Å²) in [7, 11) is 3.33. The highest BCUT2D eigenvalue weighted by atomic mass is 32.1. The van der Waals surface area contributed by atoms with E-state index in [9.17, 15) is 4.79 Å². The number of hydrogen-bond acceptors (Lipinski definition) is 9. The van der Waals surface area contributed by atoms with Crippen molar-refractivity contribution in [3.63, 3.8) is 0 Å². The van der Waals surface area contributed by atoms with Gasteiger partial charge in [0.05, 0.1) is 12.8 Å². The second-order valence-electron chi connectivity index (χ2n) is 5.44. The van der Waals surface area contributed by atoms with Crippen molar-refractivity contribution in [3.8, 4) is 17.2 Å². The first-order chi connectivity index (χ1) is 12.5. The van der Waals surface area contributed by atoms with Gasteiger partial charge in [-0.15, -0.1) is 10.2 Å². The predicted octanol–water partition coefficient (Wildman–Crippen LogP) is 3.47. The molecule has 0 aliphatic carbocycles. The molecule has 3 rings (SSSR count). The van der Waals surface area contributed by atoms with Gasteiger partial charge in [0.15, 0.2) is 6.10 Å². The molecule has 0 bridgehead atoms. The maximum absolute atomic E-state index is 12.4. The largest absolute Gasteiger partial charge is 0.497 e. The molecule has 1 N–H and O–H groups in total. The lowest BCUT2D eigenvalue weighted by atomic mass is 10.2. The Morgan fingerprint density at radius 2 is 2.00 bits per heavy atom. The lowest BCUT2D eigenvalue weighted by Gasteiger charge is -2.10. The van der Waals surface area contributed by atoms with E-state index in [0.29, 0.717) is 22.1 Å². The van der Waals surface area contributed by atoms with Gasteiger partial charge in [0.25, 0.3) is 5.89 Å². The molecule has 3 aromatic rings. The zero-order valence-corrected chi connectivity index (χ0v) is 15.6. The van der Waals surface area contributed by atoms with Crippen LogP contribution in [0.15, 0.2) is 28.7 Å². The summed E-state index contributed by atoms with van der Waals surface area (Å²) in [6.45, 7) is 3.43. The second kappa shape index (κ2) is 7.52. The molecule has 1 unspecified atom stereocenters. The highest BCUT2D eigenvalue weighted by Crippen LogP contribution is 2.28. The van der Waals surface area contributed by atoms with Gasteiger partial charge in [-0.1, -0.05) is 0 Å². The first-order valence-electron chi connectivity index (χ1n) is 7.86. The van der Waals surface area contributed by atoms with E-state index in [4.69, 9.17) is 13.9 Å². The summed E-state index contributed by atoms with van der Waals surface area (Å²) in [5, 5.41) is 11.6. The number of aromatic nitrogens is 3. The van der Waals surface area contributed by atoms with E-state index in [2.05, 4.69) is 19.9 Å². The van der Waals surface area contributed by atoms with Crippen LogP contribution in [0.25, 0.3) is 11.5 Å². The zero-order chi connectivity index (χ0) is 18.7. The molecule has 0 aliphatic rings. The number of benzene rings is 1. The number of esters is 1. The molecule has 1 atom stereocenters. The van der Waals surface area contributed by atoms with Gasteiger partial charge >= 0.3 is 5.97 Å². The Hall–Kier alpha value is -2.94. The molecule has 0 amide bonds. The average molecular weight is 374 g/mol. The maximum Gasteiger partial charge on any atom is 0.343 e. The van der Waals surface area contributed by atoms with Crippen LogP contribution in [-0.2, 0) is 4.74 Å². The fourth-order valence-corrected chi connectivity index (χ4v) is 3.03. The SMILES string of the molecule is CNc1snc(C)c1C(=O)OC(C)c1nnc(-c2ccc(OC)cc2)o1. The molecule has 0 radical (unpaired) electrons. The molecular weight excluding hydrogens is 356 g/mol. The van der Waals surface area contributed by atoms with E-state index >= 15 is 0 Å². The number of rotatable bonds is 6. The third-order valence-corrected chi connectivity index (χ3v) is 4.66. The standard InChI is InChI=1S/C17H18N4O4S/c1-9-13(16(18-3)26-21-9)17(22)24-10(2)14-19-20-15(25-14)11-5-7-12(23-4)8-6-11/h5-8,10,18H,1-4H3. The van der Waals surface area contributed by atoms with Gasteiger partial charge in [-0.25, -0.2) is 4.79 Å². The smallest absolute Gasteiger partial charge is 0.343 e. The predicted molar refractivity (Wildman–Crippen MR) is 96.5 cm³/mol. The molecule has 2 heterocycles. The number of nitrogens with one attached hydrogen (secondary N) is 1. The van der Waals surface area contributed by atoms with Crippen LogP contribution >= 0.6 is 11.5 Å². The first-order valence-corrected chi connectivity index (χ1v) is 8.63. The second-order valence-corrected chi connectivity index (χ2v) is 6.22. The quantitative estimate of drug-likeness (QED) is 0.655. The van der Waals surface area contributed by atoms with Crippen LogP contribution in [0, 0.1) is 6.92 Å². The Morgan fingerprint density at radius 1 is 1.27 bits per heavy atom. The van der Waals surface area contributed by atoms with Crippen LogP contribution < -0.4 is 10.1 Å². The van der Waals surface area contributed by atoms with Crippen molar-refractivity contribution < 1.29 is 18.7 Å². The number of aryl methyl sites for hydroxylation is 1. The van der Waals surface area contributed by atoms with Crippen molar-refractivity contribution in [2.75, 3.05) is 19.5 Å². The van der Waals surface area contributed by atoms with Crippen LogP contribution in [0.4, 0.5) is 5.00 Å². The van der Waals surface area contributed by atoms with Gasteiger partial charge in [0.1, 0.15) is 16.3 Å². The molecule has 0 fully saturated rings. The minimum Gasteiger partial charge on any atom is -0.497 e. The summed E-state index contributed by atoms with van der Waals surface area (Å²) in [4.78, 5) is 12.4. The molecule has 26 heavy (non-hydrogen) atoms. The Labute approximate surface area is 154 Å². The van der Waals surface area contributed by atoms with Crippen LogP contribution in [0.3, 0.4) is 0 Å². The molecule has 0 saturated heterocycles. The highest BCUT2D eigenvalue weighted by Gasteiger charge is 2.24. The summed E-state index contributed by atoms with van der Waals surface area (Å²) in [6.07, 6.45) is -0.689. The lowest BCUT2D eigenvalue weighted by molar-refractivity contribution is 0.0280. The molecule has 136 valence electrons. The molecule has 8 nitrogen and oxygen atoms in total. The fourth-order valence-electron chi connectivity index (χ4n) is 2.30. The summed E-state index contributed by atoms with van der Waals surface area (Å²) in [5.74, 6) is 0.805. The van der Waals surface area contributed by atoms with Gasteiger partial charge in [-0.3, -0.25) is 0 Å². The average Bonchev–Trinajstić information content (AvgIpc) is 3.28. The Kier molecular flexibility index (Phi) is 5.17. The number of carbonyl (C=O) groups is 1. The van der Waals surface area contributed by atoms with Crippen LogP contribution in [-0.4, -0.2) is 34.7 Å². The van der Waals surface area contributed by atoms with E-state index in [1.807, 2.05) is 12.1 Å². The third kappa shape index (κ3) is 3.52. The number of hydrogen-bond donors (Lipinski definition) is 1. The van der Waals surface area contributed by atoms with Crippen LogP contribution in [0.1, 0.15) is 35.0 Å². The minimum absolute atomic E-state index is 0.219. The number of carbonyl (C=O) groups excluding carboxylic acids is 1. The normalized spacial score (nSPS) is 11.8. The van der Waals surface area contributed by atoms with Crippen molar-refractivity contribution >= 4 is 22.5 Å². The van der Waals surface area contributed by atoms with Crippen molar-refractivity contribution in [3.05, 3.63) is 41.4 Å². The first kappa shape index (κ1) is 17.9. The van der Waals surface area contributed by atoms with Crippen molar-refractivity contribution in [1.82, 2.24) is 14.6 Å². The topological polar surface area (TPSA) is 99.4 Å². The van der Waals surface area contributed by atoms with E-state index in [1.54, 1.807) is 40.1 Å². The monoisotopic (exact) mass is 374 g/mol. The van der Waals surface area contributed by atoms with Gasteiger partial charge in [0.2, 0.25) is 5.89 Å². The lowest BCUT2D eigenvalue weighted by Crippen LogP contribution is -2.11. The summed E-state index contributed by atoms with van der Waals surface area (Å²) < 4.78 is 20.4. The molecular formula is C17H18N4O4S.